The van der Waals surface area contributed by atoms with Gasteiger partial charge >= 0.3 is 5.97 Å². The first-order valence-corrected chi connectivity index (χ1v) is 10.9. The molecule has 2 aromatic rings. The minimum atomic E-state index is -0.210. The van der Waals surface area contributed by atoms with E-state index in [9.17, 15) is 4.79 Å². The number of terminal acetylenes is 1. The van der Waals surface area contributed by atoms with Crippen molar-refractivity contribution in [3.8, 4) is 12.3 Å². The second-order valence-corrected chi connectivity index (χ2v) is 7.51. The molecular weight excluding hydrogens is 370 g/mol. The van der Waals surface area contributed by atoms with E-state index in [1.54, 1.807) is 0 Å². The highest BCUT2D eigenvalue weighted by atomic mass is 16.5. The summed E-state index contributed by atoms with van der Waals surface area (Å²) in [5.74, 6) is 2.49. The predicted octanol–water partition coefficient (Wildman–Crippen LogP) is 6.21. The molecule has 3 heteroatoms. The molecule has 2 aromatic carbocycles. The second kappa shape index (κ2) is 14.2. The molecule has 0 radical (unpaired) electrons. The third-order valence-corrected chi connectivity index (χ3v) is 5.14. The molecule has 1 atom stereocenters. The Labute approximate surface area is 181 Å². The Balaban J connectivity index is 2.08. The van der Waals surface area contributed by atoms with Crippen LogP contribution in [-0.4, -0.2) is 24.8 Å². The van der Waals surface area contributed by atoms with Gasteiger partial charge in [0, 0.05) is 17.5 Å². The zero-order valence-electron chi connectivity index (χ0n) is 18.1. The lowest BCUT2D eigenvalue weighted by Crippen LogP contribution is -2.17. The summed E-state index contributed by atoms with van der Waals surface area (Å²) >= 11 is 0. The van der Waals surface area contributed by atoms with Crippen LogP contribution in [0.25, 0.3) is 0 Å². The molecule has 1 unspecified atom stereocenters. The van der Waals surface area contributed by atoms with Gasteiger partial charge in [-0.1, -0.05) is 92.8 Å². The fraction of sp³-hybridized carbons (Fsp3) is 0.407. The maximum atomic E-state index is 12.0. The van der Waals surface area contributed by atoms with Crippen molar-refractivity contribution < 1.29 is 9.53 Å². The summed E-state index contributed by atoms with van der Waals surface area (Å²) < 4.78 is 4.93. The van der Waals surface area contributed by atoms with Gasteiger partial charge < -0.3 is 4.74 Å². The lowest BCUT2D eigenvalue weighted by atomic mass is 10.00. The number of aliphatic imine (C=N–C) groups is 1. The molecule has 0 bridgehead atoms. The Hall–Kier alpha value is -2.86. The van der Waals surface area contributed by atoms with Crippen molar-refractivity contribution in [3.63, 3.8) is 0 Å². The Morgan fingerprint density at radius 3 is 1.97 bits per heavy atom. The molecule has 0 aliphatic carbocycles. The van der Waals surface area contributed by atoms with E-state index in [-0.39, 0.29) is 12.0 Å². The summed E-state index contributed by atoms with van der Waals surface area (Å²) in [5, 5.41) is 0. The molecule has 0 saturated carbocycles. The molecule has 30 heavy (non-hydrogen) atoms. The fourth-order valence-electron chi connectivity index (χ4n) is 3.49. The number of unbranched alkanes of at least 4 members (excludes halogenated alkanes) is 6. The van der Waals surface area contributed by atoms with Crippen LogP contribution in [0.4, 0.5) is 0 Å². The maximum Gasteiger partial charge on any atom is 0.307 e. The van der Waals surface area contributed by atoms with Gasteiger partial charge in [0.2, 0.25) is 0 Å². The van der Waals surface area contributed by atoms with Crippen molar-refractivity contribution in [2.75, 3.05) is 7.11 Å². The first-order valence-electron chi connectivity index (χ1n) is 10.9. The lowest BCUT2D eigenvalue weighted by molar-refractivity contribution is -0.141. The number of rotatable bonds is 13. The SMILES string of the molecule is C#CCCCCCCCCC(CC(=O)OC)N=C(c1ccccc1)c1ccccc1. The summed E-state index contributed by atoms with van der Waals surface area (Å²) in [6.45, 7) is 0. The monoisotopic (exact) mass is 403 g/mol. The van der Waals surface area contributed by atoms with Crippen LogP contribution in [0.15, 0.2) is 65.7 Å². The van der Waals surface area contributed by atoms with Crippen molar-refractivity contribution in [2.45, 2.75) is 63.8 Å². The van der Waals surface area contributed by atoms with E-state index in [1.807, 2.05) is 36.4 Å². The van der Waals surface area contributed by atoms with Crippen molar-refractivity contribution in [1.82, 2.24) is 0 Å². The summed E-state index contributed by atoms with van der Waals surface area (Å²) in [4.78, 5) is 17.1. The summed E-state index contributed by atoms with van der Waals surface area (Å²) in [6, 6.07) is 20.3. The van der Waals surface area contributed by atoms with Crippen molar-refractivity contribution >= 4 is 11.7 Å². The van der Waals surface area contributed by atoms with Gasteiger partial charge in [0.1, 0.15) is 0 Å². The van der Waals surface area contributed by atoms with E-state index in [2.05, 4.69) is 30.2 Å². The van der Waals surface area contributed by atoms with E-state index >= 15 is 0 Å². The molecule has 2 rings (SSSR count). The maximum absolute atomic E-state index is 12.0. The number of ether oxygens (including phenoxy) is 1. The number of hydrogen-bond acceptors (Lipinski definition) is 3. The van der Waals surface area contributed by atoms with E-state index in [0.29, 0.717) is 6.42 Å². The minimum Gasteiger partial charge on any atom is -0.469 e. The Morgan fingerprint density at radius 2 is 1.43 bits per heavy atom. The first kappa shape index (κ1) is 23.4. The predicted molar refractivity (Wildman–Crippen MR) is 125 cm³/mol. The Bertz CT molecular complexity index is 764. The van der Waals surface area contributed by atoms with Crippen LogP contribution in [0.1, 0.15) is 68.9 Å². The van der Waals surface area contributed by atoms with Gasteiger partial charge in [-0.2, -0.15) is 0 Å². The van der Waals surface area contributed by atoms with Gasteiger partial charge in [-0.25, -0.2) is 0 Å². The average molecular weight is 404 g/mol. The number of carbonyl (C=O) groups is 1. The number of nitrogens with zero attached hydrogens (tertiary/aromatic N) is 1. The smallest absolute Gasteiger partial charge is 0.307 e. The molecule has 3 nitrogen and oxygen atoms in total. The Kier molecular flexibility index (Phi) is 11.1. The normalized spacial score (nSPS) is 11.3. The van der Waals surface area contributed by atoms with Gasteiger partial charge in [-0.3, -0.25) is 9.79 Å². The minimum absolute atomic E-state index is 0.0886. The number of benzene rings is 2. The quantitative estimate of drug-likeness (QED) is 0.173. The van der Waals surface area contributed by atoms with Crippen LogP contribution in [0.5, 0.6) is 0 Å². The summed E-state index contributed by atoms with van der Waals surface area (Å²) in [6.07, 6.45) is 14.3. The van der Waals surface area contributed by atoms with Gasteiger partial charge in [-0.15, -0.1) is 12.3 Å². The van der Waals surface area contributed by atoms with E-state index < -0.39 is 0 Å². The molecule has 0 aliphatic heterocycles. The molecule has 0 aromatic heterocycles. The first-order chi connectivity index (χ1) is 14.7. The molecule has 158 valence electrons. The van der Waals surface area contributed by atoms with Gasteiger partial charge in [0.25, 0.3) is 0 Å². The molecule has 0 saturated heterocycles. The molecular formula is C27H33NO2. The zero-order chi connectivity index (χ0) is 21.4. The largest absolute Gasteiger partial charge is 0.469 e. The standard InChI is InChI=1S/C27H33NO2/c1-3-4-5-6-7-8-9-16-21-25(22-26(29)30-2)28-27(23-17-12-10-13-18-23)24-19-14-11-15-20-24/h1,10-15,17-20,25H,4-9,16,21-22H2,2H3. The average Bonchev–Trinajstić information content (AvgIpc) is 2.80. The van der Waals surface area contributed by atoms with E-state index in [4.69, 9.17) is 16.2 Å². The lowest BCUT2D eigenvalue weighted by Gasteiger charge is -2.15. The van der Waals surface area contributed by atoms with Crippen LogP contribution >= 0.6 is 0 Å². The summed E-state index contributed by atoms with van der Waals surface area (Å²) in [5.41, 5.74) is 3.05. The highest BCUT2D eigenvalue weighted by molar-refractivity contribution is 6.13. The Morgan fingerprint density at radius 1 is 0.900 bits per heavy atom. The molecule has 0 spiro atoms. The van der Waals surface area contributed by atoms with E-state index in [0.717, 1.165) is 48.9 Å². The molecule has 0 fully saturated rings. The third-order valence-electron chi connectivity index (χ3n) is 5.14. The van der Waals surface area contributed by atoms with Crippen LogP contribution in [0, 0.1) is 12.3 Å². The van der Waals surface area contributed by atoms with Crippen molar-refractivity contribution in [2.24, 2.45) is 4.99 Å². The van der Waals surface area contributed by atoms with Gasteiger partial charge in [-0.05, 0) is 12.8 Å². The van der Waals surface area contributed by atoms with Gasteiger partial charge in [0.05, 0.1) is 25.3 Å². The summed E-state index contributed by atoms with van der Waals surface area (Å²) in [7, 11) is 1.44. The number of carbonyl (C=O) groups excluding carboxylic acids is 1. The van der Waals surface area contributed by atoms with Crippen LogP contribution in [0.3, 0.4) is 0 Å². The van der Waals surface area contributed by atoms with E-state index in [1.165, 1.54) is 26.4 Å². The highest BCUT2D eigenvalue weighted by Gasteiger charge is 2.16. The second-order valence-electron chi connectivity index (χ2n) is 7.51. The van der Waals surface area contributed by atoms with Crippen LogP contribution in [0.2, 0.25) is 0 Å². The highest BCUT2D eigenvalue weighted by Crippen LogP contribution is 2.18. The molecule has 0 aliphatic rings. The number of methoxy groups -OCH3 is 1. The zero-order valence-corrected chi connectivity index (χ0v) is 18.1. The van der Waals surface area contributed by atoms with Crippen LogP contribution in [-0.2, 0) is 9.53 Å². The van der Waals surface area contributed by atoms with Crippen molar-refractivity contribution in [1.29, 1.82) is 0 Å². The van der Waals surface area contributed by atoms with Crippen LogP contribution < -0.4 is 0 Å². The molecule has 0 heterocycles. The molecule has 0 N–H and O–H groups in total. The van der Waals surface area contributed by atoms with Crippen molar-refractivity contribution in [3.05, 3.63) is 71.8 Å². The number of hydrogen-bond donors (Lipinski definition) is 0. The fourth-order valence-corrected chi connectivity index (χ4v) is 3.49. The third kappa shape index (κ3) is 8.66. The molecule has 0 amide bonds. The van der Waals surface area contributed by atoms with Gasteiger partial charge in [0.15, 0.2) is 0 Å². The number of esters is 1. The topological polar surface area (TPSA) is 38.7 Å².